The number of amides is 5. The van der Waals surface area contributed by atoms with Crippen molar-refractivity contribution in [3.63, 3.8) is 0 Å². The Morgan fingerprint density at radius 2 is 1.70 bits per heavy atom. The van der Waals surface area contributed by atoms with Crippen molar-refractivity contribution in [1.29, 1.82) is 0 Å². The van der Waals surface area contributed by atoms with Crippen LogP contribution in [-0.4, -0.2) is 63.7 Å². The highest BCUT2D eigenvalue weighted by molar-refractivity contribution is 6.09. The van der Waals surface area contributed by atoms with Crippen LogP contribution in [0.4, 0.5) is 34.1 Å². The van der Waals surface area contributed by atoms with Crippen molar-refractivity contribution < 1.29 is 42.2 Å². The summed E-state index contributed by atoms with van der Waals surface area (Å²) in [6, 6.07) is 7.44. The number of urea groups is 2. The second-order valence-corrected chi connectivity index (χ2v) is 10.0. The topological polar surface area (TPSA) is 128 Å². The van der Waals surface area contributed by atoms with Crippen molar-refractivity contribution in [2.45, 2.75) is 58.4 Å². The first-order valence-corrected chi connectivity index (χ1v) is 12.4. The molecule has 216 valence electrons. The van der Waals surface area contributed by atoms with E-state index >= 15 is 0 Å². The highest BCUT2D eigenvalue weighted by Crippen LogP contribution is 2.44. The highest BCUT2D eigenvalue weighted by atomic mass is 19.4. The molecule has 1 heterocycles. The summed E-state index contributed by atoms with van der Waals surface area (Å²) >= 11 is 0. The highest BCUT2D eigenvalue weighted by Gasteiger charge is 2.70. The summed E-state index contributed by atoms with van der Waals surface area (Å²) in [5.74, 6) is -3.47. The molecule has 0 aromatic heterocycles. The van der Waals surface area contributed by atoms with E-state index in [1.54, 1.807) is 26.0 Å². The summed E-state index contributed by atoms with van der Waals surface area (Å²) in [6.45, 7) is 4.95. The fraction of sp³-hybridized carbons (Fsp3) is 0.407. The van der Waals surface area contributed by atoms with E-state index in [0.717, 1.165) is 5.56 Å². The minimum absolute atomic E-state index is 0.0872. The number of carboxylic acids is 1. The van der Waals surface area contributed by atoms with E-state index in [4.69, 9.17) is 4.74 Å². The first-order valence-electron chi connectivity index (χ1n) is 12.4. The molecule has 0 saturated carbocycles. The number of rotatable bonds is 9. The van der Waals surface area contributed by atoms with Gasteiger partial charge >= 0.3 is 24.2 Å². The van der Waals surface area contributed by atoms with Crippen LogP contribution in [-0.2, 0) is 16.1 Å². The maximum Gasteiger partial charge on any atom is 0.420 e. The summed E-state index contributed by atoms with van der Waals surface area (Å²) in [5.41, 5.74) is -1.56. The number of carbonyl (C=O) groups excluding carboxylic acids is 3. The molecule has 5 amide bonds. The Bertz CT molecular complexity index is 1320. The van der Waals surface area contributed by atoms with Crippen LogP contribution in [0.5, 0.6) is 5.75 Å². The number of hydrogen-bond acceptors (Lipinski definition) is 5. The van der Waals surface area contributed by atoms with Crippen molar-refractivity contribution in [2.24, 2.45) is 5.92 Å². The second kappa shape index (κ2) is 11.4. The molecular formula is C27H31F3N4O6. The number of aliphatic carboxylic acids is 1. The largest absolute Gasteiger partial charge is 0.495 e. The van der Waals surface area contributed by atoms with Gasteiger partial charge < -0.3 is 20.5 Å². The third-order valence-corrected chi connectivity index (χ3v) is 6.70. The van der Waals surface area contributed by atoms with E-state index in [9.17, 15) is 37.5 Å². The van der Waals surface area contributed by atoms with Crippen LogP contribution < -0.4 is 15.4 Å². The van der Waals surface area contributed by atoms with Gasteiger partial charge in [0.2, 0.25) is 5.54 Å². The number of anilines is 2. The maximum absolute atomic E-state index is 14.3. The predicted octanol–water partition coefficient (Wildman–Crippen LogP) is 5.23. The number of nitrogens with zero attached hydrogens (tertiary/aromatic N) is 2. The van der Waals surface area contributed by atoms with E-state index in [1.807, 2.05) is 19.1 Å². The number of benzene rings is 2. The number of para-hydroxylation sites is 1. The number of carboxylic acid groups (broad SMARTS) is 1. The van der Waals surface area contributed by atoms with Gasteiger partial charge in [0.15, 0.2) is 0 Å². The van der Waals surface area contributed by atoms with E-state index in [0.29, 0.717) is 17.5 Å². The zero-order valence-corrected chi connectivity index (χ0v) is 22.6. The third-order valence-electron chi connectivity index (χ3n) is 6.70. The predicted molar refractivity (Wildman–Crippen MR) is 140 cm³/mol. The number of imide groups is 1. The van der Waals surface area contributed by atoms with Gasteiger partial charge in [-0.25, -0.2) is 19.3 Å². The summed E-state index contributed by atoms with van der Waals surface area (Å²) in [6.07, 6.45) is -5.41. The molecule has 40 heavy (non-hydrogen) atoms. The number of carbonyl (C=O) groups is 4. The molecule has 2 atom stereocenters. The lowest BCUT2D eigenvalue weighted by Gasteiger charge is -2.33. The van der Waals surface area contributed by atoms with Gasteiger partial charge in [0, 0.05) is 12.2 Å². The van der Waals surface area contributed by atoms with Gasteiger partial charge in [-0.05, 0) is 55.5 Å². The Morgan fingerprint density at radius 1 is 1.07 bits per heavy atom. The van der Waals surface area contributed by atoms with E-state index in [1.165, 1.54) is 25.3 Å². The summed E-state index contributed by atoms with van der Waals surface area (Å²) in [5, 5.41) is 14.9. The molecule has 2 unspecified atom stereocenters. The number of alkyl halides is 3. The van der Waals surface area contributed by atoms with Crippen LogP contribution in [0.3, 0.4) is 0 Å². The third kappa shape index (κ3) is 5.82. The number of ether oxygens (including phenoxy) is 1. The van der Waals surface area contributed by atoms with E-state index in [2.05, 4.69) is 10.6 Å². The Labute approximate surface area is 229 Å². The molecule has 1 aliphatic rings. The van der Waals surface area contributed by atoms with Crippen molar-refractivity contribution in [3.05, 3.63) is 53.6 Å². The van der Waals surface area contributed by atoms with Gasteiger partial charge in [-0.2, -0.15) is 13.2 Å². The van der Waals surface area contributed by atoms with Crippen LogP contribution >= 0.6 is 0 Å². The van der Waals surface area contributed by atoms with Crippen LogP contribution in [0, 0.1) is 12.8 Å². The van der Waals surface area contributed by atoms with Crippen LogP contribution in [0.2, 0.25) is 0 Å². The Balaban J connectivity index is 1.91. The first kappa shape index (κ1) is 30.3. The molecule has 2 aromatic carbocycles. The summed E-state index contributed by atoms with van der Waals surface area (Å²) < 4.78 is 48.2. The van der Waals surface area contributed by atoms with Gasteiger partial charge in [-0.1, -0.05) is 38.1 Å². The van der Waals surface area contributed by atoms with Crippen LogP contribution in [0.1, 0.15) is 38.3 Å². The molecule has 10 nitrogen and oxygen atoms in total. The van der Waals surface area contributed by atoms with Crippen molar-refractivity contribution in [3.8, 4) is 5.75 Å². The standard InChI is InChI=1S/C27H31F3N4O6/c1-15(2)12-20(22(35)36)34-23(37)26(4,27(28,29)30)33(25(34)39)14-17-10-11-19(21(13-17)40-5)32-24(38)31-18-9-7-6-8-16(18)3/h6-11,13,15,20H,12,14H2,1-5H3,(H,35,36)(H2,31,32,38). The normalized spacial score (nSPS) is 18.2. The lowest BCUT2D eigenvalue weighted by molar-refractivity contribution is -0.212. The molecule has 0 bridgehead atoms. The van der Waals surface area contributed by atoms with Gasteiger partial charge in [0.1, 0.15) is 11.8 Å². The molecular weight excluding hydrogens is 533 g/mol. The Hall–Kier alpha value is -4.29. The molecule has 1 aliphatic heterocycles. The van der Waals surface area contributed by atoms with Gasteiger partial charge in [-0.15, -0.1) is 0 Å². The summed E-state index contributed by atoms with van der Waals surface area (Å²) in [4.78, 5) is 51.3. The molecule has 1 fully saturated rings. The molecule has 3 rings (SSSR count). The monoisotopic (exact) mass is 564 g/mol. The lowest BCUT2D eigenvalue weighted by Crippen LogP contribution is -2.58. The molecule has 13 heteroatoms. The number of nitrogens with one attached hydrogen (secondary N) is 2. The van der Waals surface area contributed by atoms with Gasteiger partial charge in [0.05, 0.1) is 12.8 Å². The minimum atomic E-state index is -5.20. The molecule has 2 aromatic rings. The lowest BCUT2D eigenvalue weighted by atomic mass is 9.97. The molecule has 0 radical (unpaired) electrons. The zero-order valence-electron chi connectivity index (χ0n) is 22.6. The molecule has 0 aliphatic carbocycles. The van der Waals surface area contributed by atoms with Crippen molar-refractivity contribution in [2.75, 3.05) is 17.7 Å². The van der Waals surface area contributed by atoms with Crippen molar-refractivity contribution in [1.82, 2.24) is 9.80 Å². The fourth-order valence-corrected chi connectivity index (χ4v) is 4.41. The molecule has 0 spiro atoms. The van der Waals surface area contributed by atoms with Gasteiger partial charge in [0.25, 0.3) is 5.91 Å². The SMILES string of the molecule is COc1cc(CN2C(=O)N(C(CC(C)C)C(=O)O)C(=O)C2(C)C(F)(F)F)ccc1NC(=O)Nc1ccccc1C. The second-order valence-electron chi connectivity index (χ2n) is 10.0. The zero-order chi connectivity index (χ0) is 30.0. The summed E-state index contributed by atoms with van der Waals surface area (Å²) in [7, 11) is 1.29. The quantitative estimate of drug-likeness (QED) is 0.358. The fourth-order valence-electron chi connectivity index (χ4n) is 4.41. The number of hydrogen-bond donors (Lipinski definition) is 3. The van der Waals surface area contributed by atoms with E-state index < -0.39 is 48.2 Å². The number of halogens is 3. The van der Waals surface area contributed by atoms with Crippen molar-refractivity contribution >= 4 is 35.3 Å². The first-order chi connectivity index (χ1) is 18.6. The molecule has 1 saturated heterocycles. The van der Waals surface area contributed by atoms with Gasteiger partial charge in [-0.3, -0.25) is 9.69 Å². The van der Waals surface area contributed by atoms with E-state index in [-0.39, 0.29) is 34.2 Å². The smallest absolute Gasteiger partial charge is 0.420 e. The maximum atomic E-state index is 14.3. The van der Waals surface area contributed by atoms with Crippen LogP contribution in [0.15, 0.2) is 42.5 Å². The Kier molecular flexibility index (Phi) is 8.66. The number of aryl methyl sites for hydroxylation is 1. The minimum Gasteiger partial charge on any atom is -0.495 e. The van der Waals surface area contributed by atoms with Crippen LogP contribution in [0.25, 0.3) is 0 Å². The average Bonchev–Trinajstić information content (AvgIpc) is 3.05. The Morgan fingerprint density at radius 3 is 2.25 bits per heavy atom. The number of methoxy groups -OCH3 is 1. The average molecular weight is 565 g/mol. The molecule has 3 N–H and O–H groups in total.